The molecule has 0 saturated heterocycles. The van der Waals surface area contributed by atoms with Gasteiger partial charge in [0.05, 0.1) is 5.69 Å². The molecule has 142 valence electrons. The number of rotatable bonds is 4. The van der Waals surface area contributed by atoms with Gasteiger partial charge >= 0.3 is 5.97 Å². The molecule has 2 aromatic carbocycles. The maximum atomic E-state index is 13.3. The van der Waals surface area contributed by atoms with E-state index < -0.39 is 5.97 Å². The number of aromatic nitrogens is 2. The summed E-state index contributed by atoms with van der Waals surface area (Å²) in [4.78, 5) is 24.2. The SMILES string of the molecule is CC(=O)c1ccc(OC(=O)c2nn(-c3ccc(F)cc3)c3c2CCCC3)cc1. The number of benzene rings is 2. The molecule has 1 aromatic heterocycles. The number of ether oxygens (including phenoxy) is 1. The van der Waals surface area contributed by atoms with Gasteiger partial charge in [0.1, 0.15) is 11.6 Å². The predicted octanol–water partition coefficient (Wildman–Crippen LogP) is 4.31. The van der Waals surface area contributed by atoms with Gasteiger partial charge in [-0.2, -0.15) is 5.10 Å². The van der Waals surface area contributed by atoms with Crippen LogP contribution >= 0.6 is 0 Å². The van der Waals surface area contributed by atoms with E-state index in [4.69, 9.17) is 4.74 Å². The number of esters is 1. The van der Waals surface area contributed by atoms with Crippen LogP contribution in [0.3, 0.4) is 0 Å². The summed E-state index contributed by atoms with van der Waals surface area (Å²) in [6.45, 7) is 1.48. The second-order valence-corrected chi connectivity index (χ2v) is 6.84. The van der Waals surface area contributed by atoms with Crippen molar-refractivity contribution in [1.29, 1.82) is 0 Å². The molecule has 0 atom stereocenters. The maximum Gasteiger partial charge on any atom is 0.364 e. The zero-order valence-corrected chi connectivity index (χ0v) is 15.4. The van der Waals surface area contributed by atoms with Crippen LogP contribution in [0.25, 0.3) is 5.69 Å². The standard InChI is InChI=1S/C22H19FN2O3/c1-14(26)15-6-12-18(13-7-15)28-22(27)21-19-4-2-3-5-20(19)25(24-21)17-10-8-16(23)9-11-17/h6-13H,2-5H2,1H3. The second-order valence-electron chi connectivity index (χ2n) is 6.84. The van der Waals surface area contributed by atoms with Crippen molar-refractivity contribution in [2.24, 2.45) is 0 Å². The average Bonchev–Trinajstić information content (AvgIpc) is 3.09. The van der Waals surface area contributed by atoms with Gasteiger partial charge in [0, 0.05) is 16.8 Å². The van der Waals surface area contributed by atoms with Crippen LogP contribution in [-0.2, 0) is 12.8 Å². The summed E-state index contributed by atoms with van der Waals surface area (Å²) in [7, 11) is 0. The Morgan fingerprint density at radius 1 is 1.00 bits per heavy atom. The third-order valence-electron chi connectivity index (χ3n) is 4.92. The van der Waals surface area contributed by atoms with Gasteiger partial charge < -0.3 is 4.74 Å². The lowest BCUT2D eigenvalue weighted by Gasteiger charge is -2.14. The molecule has 1 heterocycles. The summed E-state index contributed by atoms with van der Waals surface area (Å²) >= 11 is 0. The highest BCUT2D eigenvalue weighted by atomic mass is 19.1. The first-order valence-electron chi connectivity index (χ1n) is 9.23. The number of nitrogens with zero attached hydrogens (tertiary/aromatic N) is 2. The normalized spacial score (nSPS) is 13.1. The van der Waals surface area contributed by atoms with Crippen LogP contribution in [0.2, 0.25) is 0 Å². The zero-order chi connectivity index (χ0) is 19.7. The average molecular weight is 378 g/mol. The number of carbonyl (C=O) groups is 2. The highest BCUT2D eigenvalue weighted by Crippen LogP contribution is 2.28. The molecule has 4 rings (SSSR count). The number of hydrogen-bond acceptors (Lipinski definition) is 4. The first-order valence-corrected chi connectivity index (χ1v) is 9.23. The summed E-state index contributed by atoms with van der Waals surface area (Å²) < 4.78 is 20.5. The minimum Gasteiger partial charge on any atom is -0.422 e. The van der Waals surface area contributed by atoms with E-state index in [0.717, 1.165) is 36.9 Å². The smallest absolute Gasteiger partial charge is 0.364 e. The van der Waals surface area contributed by atoms with E-state index in [2.05, 4.69) is 5.10 Å². The Bertz CT molecular complexity index is 1040. The molecule has 28 heavy (non-hydrogen) atoms. The molecule has 0 radical (unpaired) electrons. The summed E-state index contributed by atoms with van der Waals surface area (Å²) in [5.41, 5.74) is 3.41. The summed E-state index contributed by atoms with van der Waals surface area (Å²) in [6, 6.07) is 12.5. The van der Waals surface area contributed by atoms with Crippen molar-refractivity contribution in [2.45, 2.75) is 32.6 Å². The molecule has 0 N–H and O–H groups in total. The van der Waals surface area contributed by atoms with Gasteiger partial charge in [-0.1, -0.05) is 0 Å². The molecular weight excluding hydrogens is 359 g/mol. The minimum atomic E-state index is -0.533. The van der Waals surface area contributed by atoms with Gasteiger partial charge in [-0.25, -0.2) is 13.9 Å². The van der Waals surface area contributed by atoms with Gasteiger partial charge in [0.15, 0.2) is 11.5 Å². The molecule has 1 aliphatic rings. The molecule has 0 spiro atoms. The zero-order valence-electron chi connectivity index (χ0n) is 15.4. The number of hydrogen-bond donors (Lipinski definition) is 0. The van der Waals surface area contributed by atoms with Crippen molar-refractivity contribution < 1.29 is 18.7 Å². The van der Waals surface area contributed by atoms with Crippen LogP contribution in [0, 0.1) is 5.82 Å². The second kappa shape index (κ2) is 7.38. The van der Waals surface area contributed by atoms with E-state index in [9.17, 15) is 14.0 Å². The van der Waals surface area contributed by atoms with E-state index in [-0.39, 0.29) is 17.3 Å². The third-order valence-corrected chi connectivity index (χ3v) is 4.92. The lowest BCUT2D eigenvalue weighted by atomic mass is 9.95. The van der Waals surface area contributed by atoms with Gasteiger partial charge in [-0.3, -0.25) is 4.79 Å². The summed E-state index contributed by atoms with van der Waals surface area (Å²) in [6.07, 6.45) is 3.56. The van der Waals surface area contributed by atoms with Crippen LogP contribution in [0.5, 0.6) is 5.75 Å². The lowest BCUT2D eigenvalue weighted by Crippen LogP contribution is -2.13. The van der Waals surface area contributed by atoms with E-state index >= 15 is 0 Å². The van der Waals surface area contributed by atoms with E-state index in [1.165, 1.54) is 19.1 Å². The molecular formula is C22H19FN2O3. The number of fused-ring (bicyclic) bond motifs is 1. The van der Waals surface area contributed by atoms with Gasteiger partial charge in [-0.15, -0.1) is 0 Å². The maximum absolute atomic E-state index is 13.3. The molecule has 5 nitrogen and oxygen atoms in total. The fraction of sp³-hybridized carbons (Fsp3) is 0.227. The minimum absolute atomic E-state index is 0.0509. The van der Waals surface area contributed by atoms with Crippen molar-refractivity contribution >= 4 is 11.8 Å². The summed E-state index contributed by atoms with van der Waals surface area (Å²) in [5, 5.41) is 4.50. The number of halogens is 1. The Kier molecular flexibility index (Phi) is 4.77. The fourth-order valence-electron chi connectivity index (χ4n) is 3.47. The van der Waals surface area contributed by atoms with Crippen LogP contribution < -0.4 is 4.74 Å². The Morgan fingerprint density at radius 3 is 2.36 bits per heavy atom. The molecule has 1 aliphatic carbocycles. The highest BCUT2D eigenvalue weighted by molar-refractivity contribution is 5.94. The predicted molar refractivity (Wildman–Crippen MR) is 102 cm³/mol. The van der Waals surface area contributed by atoms with Crippen LogP contribution in [0.15, 0.2) is 48.5 Å². The van der Waals surface area contributed by atoms with E-state index in [1.54, 1.807) is 41.1 Å². The number of Topliss-reactive ketones (excluding diaryl/α,β-unsaturated/α-hetero) is 1. The van der Waals surface area contributed by atoms with Crippen molar-refractivity contribution in [3.63, 3.8) is 0 Å². The lowest BCUT2D eigenvalue weighted by molar-refractivity contribution is 0.0726. The topological polar surface area (TPSA) is 61.2 Å². The fourth-order valence-corrected chi connectivity index (χ4v) is 3.47. The Labute approximate surface area is 161 Å². The first kappa shape index (κ1) is 18.1. The van der Waals surface area contributed by atoms with Crippen molar-refractivity contribution in [3.8, 4) is 11.4 Å². The molecule has 6 heteroatoms. The largest absolute Gasteiger partial charge is 0.422 e. The molecule has 0 fully saturated rings. The third kappa shape index (κ3) is 3.45. The molecule has 3 aromatic rings. The molecule has 0 aliphatic heterocycles. The van der Waals surface area contributed by atoms with Crippen LogP contribution in [-0.4, -0.2) is 21.5 Å². The number of ketones is 1. The molecule has 0 unspecified atom stereocenters. The van der Waals surface area contributed by atoms with E-state index in [0.29, 0.717) is 17.0 Å². The Hall–Kier alpha value is -3.28. The quantitative estimate of drug-likeness (QED) is 0.386. The summed E-state index contributed by atoms with van der Waals surface area (Å²) in [5.74, 6) is -0.547. The van der Waals surface area contributed by atoms with Crippen molar-refractivity contribution in [1.82, 2.24) is 9.78 Å². The van der Waals surface area contributed by atoms with Gasteiger partial charge in [0.25, 0.3) is 0 Å². The van der Waals surface area contributed by atoms with Gasteiger partial charge in [-0.05, 0) is 81.1 Å². The number of carbonyl (C=O) groups excluding carboxylic acids is 2. The highest BCUT2D eigenvalue weighted by Gasteiger charge is 2.27. The van der Waals surface area contributed by atoms with Crippen LogP contribution in [0.4, 0.5) is 4.39 Å². The van der Waals surface area contributed by atoms with Gasteiger partial charge in [0.2, 0.25) is 0 Å². The van der Waals surface area contributed by atoms with Crippen molar-refractivity contribution in [3.05, 3.63) is 76.9 Å². The van der Waals surface area contributed by atoms with E-state index in [1.807, 2.05) is 0 Å². The Balaban J connectivity index is 1.66. The van der Waals surface area contributed by atoms with Crippen molar-refractivity contribution in [2.75, 3.05) is 0 Å². The molecule has 0 saturated carbocycles. The molecule has 0 bridgehead atoms. The van der Waals surface area contributed by atoms with Crippen LogP contribution in [0.1, 0.15) is 51.9 Å². The Morgan fingerprint density at radius 2 is 1.68 bits per heavy atom. The first-order chi connectivity index (χ1) is 13.5. The monoisotopic (exact) mass is 378 g/mol. The molecule has 0 amide bonds.